The molecule has 0 heterocycles. The van der Waals surface area contributed by atoms with Crippen LogP contribution >= 0.6 is 15.6 Å². The Hall–Kier alpha value is -8.55. The Kier molecular flexibility index (Phi) is 76.7. The maximum Gasteiger partial charge on any atom is 0.475 e. The fourth-order valence-electron chi connectivity index (χ4n) is 10.4. The van der Waals surface area contributed by atoms with Crippen molar-refractivity contribution < 1.29 is 109 Å². The number of unbranched alkanes of at least 4 members (excludes halogenated alkanes) is 24. The van der Waals surface area contributed by atoms with E-state index in [9.17, 15) is 33.1 Å². The van der Waals surface area contributed by atoms with Crippen molar-refractivity contribution in [1.82, 2.24) is 26.6 Å². The summed E-state index contributed by atoms with van der Waals surface area (Å²) in [5.74, 6) is 58.9. The fourth-order valence-corrected chi connectivity index (χ4v) is 12.8. The van der Waals surface area contributed by atoms with Crippen molar-refractivity contribution in [2.75, 3.05) is 79.2 Å². The number of nitrogens with two attached hydrogens (primary N) is 1. The number of amides is 5. The lowest BCUT2D eigenvalue weighted by Crippen LogP contribution is -2.41. The second kappa shape index (κ2) is 81.2. The first-order valence-corrected chi connectivity index (χ1v) is 44.8. The summed E-state index contributed by atoms with van der Waals surface area (Å²) < 4.78 is 76.4. The van der Waals surface area contributed by atoms with Gasteiger partial charge in [0.25, 0.3) is 11.8 Å². The zero-order valence-electron chi connectivity index (χ0n) is 71.9. The van der Waals surface area contributed by atoms with Crippen LogP contribution in [0.4, 0.5) is 4.79 Å². The molecule has 692 valence electrons. The number of hydrogen-bond donors (Lipinski definition) is 6. The summed E-state index contributed by atoms with van der Waals surface area (Å²) in [5.41, 5.74) is 4.81. The van der Waals surface area contributed by atoms with Gasteiger partial charge in [0, 0.05) is 97.3 Å². The Balaban J connectivity index is -0.0000000671. The van der Waals surface area contributed by atoms with E-state index in [2.05, 4.69) is 210 Å². The molecule has 0 saturated heterocycles. The number of carbonyl (C=O) groups excluding carboxylic acids is 5. The third-order valence-electron chi connectivity index (χ3n) is 16.3. The molecule has 0 aliphatic carbocycles. The van der Waals surface area contributed by atoms with E-state index in [1.165, 1.54) is 121 Å². The summed E-state index contributed by atoms with van der Waals surface area (Å²) in [6.07, 6.45) is 38.7. The van der Waals surface area contributed by atoms with E-state index < -0.39 is 51.2 Å². The largest absolute Gasteiger partial charge is 0.475 e. The molecule has 5 amide bonds. The first kappa shape index (κ1) is 110. The summed E-state index contributed by atoms with van der Waals surface area (Å²) in [7, 11) is -8.23. The zero-order valence-corrected chi connectivity index (χ0v) is 73.7. The normalized spacial score (nSPS) is 12.0. The molecule has 0 bridgehead atoms. The first-order valence-electron chi connectivity index (χ1n) is 41.9. The van der Waals surface area contributed by atoms with Gasteiger partial charge in [0.05, 0.1) is 64.9 Å². The van der Waals surface area contributed by atoms with Crippen molar-refractivity contribution in [2.45, 2.75) is 310 Å². The molecule has 0 radical (unpaired) electrons. The molecule has 24 heteroatoms. The predicted molar refractivity (Wildman–Crippen MR) is 519 cm³/mol. The number of nitrogens with one attached hydrogen (secondary N) is 5. The van der Waals surface area contributed by atoms with Gasteiger partial charge in [-0.2, -0.15) is 0 Å². The molecule has 0 fully saturated rings. The molecule has 0 aromatic carbocycles. The lowest BCUT2D eigenvalue weighted by molar-refractivity contribution is -0.123. The Morgan fingerprint density at radius 2 is 0.701 bits per heavy atom. The van der Waals surface area contributed by atoms with Gasteiger partial charge in [-0.15, -0.1) is 13.2 Å². The minimum Gasteiger partial charge on any atom is -0.444 e. The number of alkyl carbamates (subject to hydrolysis) is 1. The van der Waals surface area contributed by atoms with Crippen LogP contribution < -0.4 is 32.3 Å². The van der Waals surface area contributed by atoms with Crippen molar-refractivity contribution in [3.8, 4) is 142 Å². The third kappa shape index (κ3) is 78.4. The minimum absolute atomic E-state index is 0. The maximum atomic E-state index is 13.5. The summed E-state index contributed by atoms with van der Waals surface area (Å²) in [4.78, 5) is 63.4. The summed E-state index contributed by atoms with van der Waals surface area (Å²) in [6.45, 7) is 23.9. The van der Waals surface area contributed by atoms with Gasteiger partial charge >= 0.3 is 21.7 Å². The summed E-state index contributed by atoms with van der Waals surface area (Å²) in [5, 5.41) is 14.4. The summed E-state index contributed by atoms with van der Waals surface area (Å²) in [6, 6.07) is -1.73. The molecule has 0 rings (SSSR count). The van der Waals surface area contributed by atoms with Crippen molar-refractivity contribution in [3.05, 3.63) is 25.3 Å². The number of carbonyl (C=O) groups is 5. The Bertz CT molecular complexity index is 3820. The molecule has 0 spiro atoms. The van der Waals surface area contributed by atoms with Gasteiger partial charge in [-0.3, -0.25) is 46.3 Å². The standard InChI is InChI=1S/C49H72N3O9P.C44H64N3O7P.24H2/c1-8-12-15-18-20-22-23-25-27-30-33-36-47(54)52-45(43-60-62(56,58-39-11-4)59-41-38-50-48(55)61-49(5,6)7)42-57-40-37-44(34-31-28-17-14-10-3)51-46(53)35-32-29-26-24-21-19-16-13-9-2;1-5-9-12-15-17-19-20-22-24-27-30-33-44(49)47-42(40-54-55(50,52-36-8-4)53-38-35-45)39-51-37-34-41(31-28-25-14-11-7-3)46-43(48)32-29-26-23-21-18-16-13-10-6-2;;;;;;;;;;;;;;;;;;;;;;;;/h11,44-45H,4,9-10,13-14,16-17,19,21,24,26,28-29,31-32,34-35,37-43H2,1-3,5-7H3,(H,50,55)(H,51,53)(H,52,54);8,41-42H,4,6-7,10-11,13-14,16,18,21,23,25-26,28-29,31-32,34-40,45H2,1-3H3,(H,46,48)(H,47,49);24*1H/t44-,45+,62?;41-,42+,55?;;;;;;;;;;;;;;;;;;;;;;;;/m00......................../s1. The van der Waals surface area contributed by atoms with Crippen LogP contribution in [0.15, 0.2) is 25.3 Å². The lowest BCUT2D eigenvalue weighted by Gasteiger charge is -2.23. The summed E-state index contributed by atoms with van der Waals surface area (Å²) >= 11 is 0. The van der Waals surface area contributed by atoms with Crippen LogP contribution in [0.25, 0.3) is 0 Å². The van der Waals surface area contributed by atoms with Crippen molar-refractivity contribution in [2.24, 2.45) is 5.73 Å². The van der Waals surface area contributed by atoms with Crippen LogP contribution in [0.5, 0.6) is 0 Å². The fraction of sp³-hybridized carbons (Fsp3) is 0.645. The van der Waals surface area contributed by atoms with E-state index in [4.69, 9.17) is 47.1 Å². The van der Waals surface area contributed by atoms with Crippen LogP contribution in [-0.2, 0) is 69.7 Å². The second-order valence-corrected chi connectivity index (χ2v) is 31.3. The quantitative estimate of drug-likeness (QED) is 0.0143. The van der Waals surface area contributed by atoms with Crippen LogP contribution in [-0.4, -0.2) is 139 Å². The molecular formula is C93H184N6O16P2. The number of hydrogen-bond acceptors (Lipinski definition) is 17. The molecule has 0 aliphatic rings. The molecular weight excluding hydrogens is 1520 g/mol. The minimum atomic E-state index is -4.21. The van der Waals surface area contributed by atoms with Crippen molar-refractivity contribution >= 4 is 45.4 Å². The number of phosphoric ester groups is 2. The van der Waals surface area contributed by atoms with Gasteiger partial charge < -0.3 is 46.5 Å². The van der Waals surface area contributed by atoms with E-state index in [0.717, 1.165) is 83.5 Å². The monoisotopic (exact) mass is 1700 g/mol. The molecule has 0 aliphatic heterocycles. The predicted octanol–water partition coefficient (Wildman–Crippen LogP) is 21.4. The van der Waals surface area contributed by atoms with E-state index in [1.54, 1.807) is 34.6 Å². The topological polar surface area (TPSA) is 289 Å². The Labute approximate surface area is 741 Å². The average Bonchev–Trinajstić information content (AvgIpc) is 0.888. The highest BCUT2D eigenvalue weighted by atomic mass is 31.2. The maximum absolute atomic E-state index is 13.5. The highest BCUT2D eigenvalue weighted by Gasteiger charge is 2.31. The number of ether oxygens (including phenoxy) is 3. The number of phosphoric acid groups is 2. The zero-order chi connectivity index (χ0) is 86.5. The third-order valence-corrected chi connectivity index (χ3v) is 19.1. The molecule has 6 atom stereocenters. The lowest BCUT2D eigenvalue weighted by atomic mass is 10.0. The molecule has 22 nitrogen and oxygen atoms in total. The Morgan fingerprint density at radius 3 is 1.03 bits per heavy atom. The van der Waals surface area contributed by atoms with Crippen LogP contribution in [0.3, 0.4) is 0 Å². The smallest absolute Gasteiger partial charge is 0.444 e. The molecule has 117 heavy (non-hydrogen) atoms. The second-order valence-electron chi connectivity index (χ2n) is 27.9. The van der Waals surface area contributed by atoms with Crippen LogP contribution in [0.2, 0.25) is 0 Å². The Morgan fingerprint density at radius 1 is 0.385 bits per heavy atom. The molecule has 0 saturated carbocycles. The SMILES string of the molecule is C=CCOP(=O)(OCCN)OC[C@@H](COCC[C@H](CCCCCCC)NC(=O)CCCCCCCCCCC)NC(=O)C#CC#CC#CC#CC#CC#CC.C=CCOP(=O)(OCCNC(=O)OC(C)(C)C)OC[C@@H](COCC[C@H](CCCCCCC)NC(=O)CCCCCCCCCCC)NC(=O)C#CC#CC#CC#CC#CC#CC.[HH].[HH].[HH].[HH].[HH].[HH].[HH].[HH].[HH].[HH].[HH].[HH].[HH].[HH].[HH].[HH].[HH].[HH].[HH].[HH].[HH].[HH].[HH].[HH]. The highest BCUT2D eigenvalue weighted by Crippen LogP contribution is 2.50. The molecule has 0 aromatic rings. The molecule has 7 N–H and O–H groups in total. The van der Waals surface area contributed by atoms with Gasteiger partial charge in [-0.25, -0.2) is 13.9 Å². The average molecular weight is 1700 g/mol. The van der Waals surface area contributed by atoms with Gasteiger partial charge in [0.15, 0.2) is 0 Å². The van der Waals surface area contributed by atoms with E-state index in [-0.39, 0.29) is 131 Å². The molecule has 2 unspecified atom stereocenters. The van der Waals surface area contributed by atoms with Gasteiger partial charge in [-0.05, 0) is 192 Å². The van der Waals surface area contributed by atoms with Gasteiger partial charge in [0.2, 0.25) is 11.8 Å². The first-order chi connectivity index (χ1) is 56.7. The van der Waals surface area contributed by atoms with Crippen molar-refractivity contribution in [1.29, 1.82) is 0 Å². The van der Waals surface area contributed by atoms with Gasteiger partial charge in [-0.1, -0.05) is 219 Å². The number of rotatable bonds is 65. The highest BCUT2D eigenvalue weighted by molar-refractivity contribution is 7.48. The van der Waals surface area contributed by atoms with Crippen LogP contribution in [0, 0.1) is 142 Å². The van der Waals surface area contributed by atoms with E-state index in [1.807, 2.05) is 0 Å². The van der Waals surface area contributed by atoms with Crippen molar-refractivity contribution in [3.63, 3.8) is 0 Å². The van der Waals surface area contributed by atoms with E-state index >= 15 is 0 Å². The molecule has 0 aromatic heterocycles. The van der Waals surface area contributed by atoms with Crippen LogP contribution in [0.1, 0.15) is 315 Å². The van der Waals surface area contributed by atoms with E-state index in [0.29, 0.717) is 32.3 Å². The van der Waals surface area contributed by atoms with Gasteiger partial charge in [0.1, 0.15) is 5.60 Å².